The van der Waals surface area contributed by atoms with Gasteiger partial charge in [-0.25, -0.2) is 0 Å². The molecule has 0 unspecified atom stereocenters. The standard InChI is InChI=1S/CH3S3/c2-1(3)4/h2-4H. The van der Waals surface area contributed by atoms with Gasteiger partial charge in [-0.1, -0.05) is 0 Å². The second-order valence-electron chi connectivity index (χ2n) is 0.300. The quantitative estimate of drug-likeness (QED) is 0.385. The van der Waals surface area contributed by atoms with Crippen LogP contribution in [0.3, 0.4) is 0 Å². The second kappa shape index (κ2) is 2.30. The smallest absolute Gasteiger partial charge is 0.131 e. The Labute approximate surface area is 42.2 Å². The second-order valence-corrected chi connectivity index (χ2v) is 2.70. The van der Waals surface area contributed by atoms with Crippen molar-refractivity contribution in [2.45, 2.75) is 0 Å². The topological polar surface area (TPSA) is 0 Å². The molecule has 0 rings (SSSR count). The van der Waals surface area contributed by atoms with E-state index in [4.69, 9.17) is 0 Å². The van der Waals surface area contributed by atoms with Crippen molar-refractivity contribution in [3.63, 3.8) is 0 Å². The van der Waals surface area contributed by atoms with Gasteiger partial charge >= 0.3 is 0 Å². The third-order valence-corrected chi connectivity index (χ3v) is 0. The van der Waals surface area contributed by atoms with Gasteiger partial charge in [-0.15, -0.1) is 37.9 Å². The van der Waals surface area contributed by atoms with Crippen LogP contribution in [0, 0.1) is 3.91 Å². The van der Waals surface area contributed by atoms with Gasteiger partial charge in [0.2, 0.25) is 0 Å². The van der Waals surface area contributed by atoms with E-state index < -0.39 is 0 Å². The van der Waals surface area contributed by atoms with E-state index in [1.807, 2.05) is 0 Å². The van der Waals surface area contributed by atoms with Crippen LogP contribution in [0.15, 0.2) is 0 Å². The predicted molar refractivity (Wildman–Crippen MR) is 30.2 cm³/mol. The largest absolute Gasteiger partial charge is 0.148 e. The Balaban J connectivity index is 2.32. The zero-order chi connectivity index (χ0) is 3.58. The maximum Gasteiger partial charge on any atom is 0.131 e. The number of hydrogen-bond acceptors (Lipinski definition) is 3. The van der Waals surface area contributed by atoms with Crippen LogP contribution >= 0.6 is 37.9 Å². The summed E-state index contributed by atoms with van der Waals surface area (Å²) in [6, 6.07) is 0. The van der Waals surface area contributed by atoms with Crippen molar-refractivity contribution in [3.8, 4) is 0 Å². The molecule has 0 N–H and O–H groups in total. The van der Waals surface area contributed by atoms with Crippen molar-refractivity contribution in [1.82, 2.24) is 0 Å². The molecule has 0 amide bonds. The van der Waals surface area contributed by atoms with E-state index in [0.29, 0.717) is 3.91 Å². The maximum absolute atomic E-state index is 3.61. The van der Waals surface area contributed by atoms with Crippen LogP contribution in [0.5, 0.6) is 0 Å². The Bertz CT molecular complexity index is 8.00. The molecule has 0 bridgehead atoms. The van der Waals surface area contributed by atoms with Gasteiger partial charge < -0.3 is 0 Å². The summed E-state index contributed by atoms with van der Waals surface area (Å²) in [4.78, 5) is 0. The summed E-state index contributed by atoms with van der Waals surface area (Å²) in [5.41, 5.74) is 0. The van der Waals surface area contributed by atoms with E-state index >= 15 is 0 Å². The highest BCUT2D eigenvalue weighted by Crippen LogP contribution is 2.12. The SMILES string of the molecule is S[C](S)S. The molecular formula is CH3S3. The molecule has 0 atom stereocenters. The zero-order valence-electron chi connectivity index (χ0n) is 1.84. The number of rotatable bonds is 0. The maximum atomic E-state index is 3.61. The monoisotopic (exact) mass is 111 g/mol. The van der Waals surface area contributed by atoms with Crippen LogP contribution in [0.2, 0.25) is 0 Å². The van der Waals surface area contributed by atoms with Gasteiger partial charge in [0.15, 0.2) is 0 Å². The van der Waals surface area contributed by atoms with Crippen LogP contribution < -0.4 is 0 Å². The number of thiol groups is 3. The van der Waals surface area contributed by atoms with E-state index in [9.17, 15) is 0 Å². The van der Waals surface area contributed by atoms with E-state index in [1.54, 1.807) is 0 Å². The molecule has 0 spiro atoms. The zero-order valence-corrected chi connectivity index (χ0v) is 4.52. The van der Waals surface area contributed by atoms with Crippen LogP contribution in [-0.2, 0) is 0 Å². The van der Waals surface area contributed by atoms with Crippen LogP contribution in [0.4, 0.5) is 0 Å². The molecule has 0 fully saturated rings. The molecule has 3 heteroatoms. The molecule has 25 valence electrons. The van der Waals surface area contributed by atoms with Gasteiger partial charge in [-0.3, -0.25) is 0 Å². The summed E-state index contributed by atoms with van der Waals surface area (Å²) < 4.78 is 0.500. The molecular weight excluding hydrogens is 108 g/mol. The molecule has 0 aromatic carbocycles. The fourth-order valence-electron chi connectivity index (χ4n) is 0. The molecule has 1 radical (unpaired) electrons. The minimum Gasteiger partial charge on any atom is -0.148 e. The Morgan fingerprint density at radius 1 is 1.00 bits per heavy atom. The highest BCUT2D eigenvalue weighted by molar-refractivity contribution is 8.20. The average Bonchev–Trinajstić information content (AvgIpc) is 0.811. The summed E-state index contributed by atoms with van der Waals surface area (Å²) in [6.45, 7) is 0. The fourth-order valence-corrected chi connectivity index (χ4v) is 0. The van der Waals surface area contributed by atoms with Gasteiger partial charge in [0.05, 0.1) is 0 Å². The van der Waals surface area contributed by atoms with E-state index in [0.717, 1.165) is 0 Å². The summed E-state index contributed by atoms with van der Waals surface area (Å²) in [5.74, 6) is 0. The lowest BCUT2D eigenvalue weighted by Crippen LogP contribution is -1.39. The predicted octanol–water partition coefficient (Wildman–Crippen LogP) is 1.22. The summed E-state index contributed by atoms with van der Waals surface area (Å²) >= 11 is 10.8. The van der Waals surface area contributed by atoms with Crippen molar-refractivity contribution in [3.05, 3.63) is 3.91 Å². The van der Waals surface area contributed by atoms with Crippen molar-refractivity contribution < 1.29 is 0 Å². The minimum absolute atomic E-state index is 0.500. The first kappa shape index (κ1) is 5.05. The van der Waals surface area contributed by atoms with Crippen LogP contribution in [-0.4, -0.2) is 0 Å². The lowest BCUT2D eigenvalue weighted by atomic mass is 11.9. The van der Waals surface area contributed by atoms with Gasteiger partial charge in [0.1, 0.15) is 3.91 Å². The molecule has 0 saturated heterocycles. The fraction of sp³-hybridized carbons (Fsp3) is 0. The highest BCUT2D eigenvalue weighted by Gasteiger charge is 1.73. The lowest BCUT2D eigenvalue weighted by Gasteiger charge is -1.75. The van der Waals surface area contributed by atoms with Crippen LogP contribution in [0.1, 0.15) is 0 Å². The molecule has 0 aliphatic carbocycles. The van der Waals surface area contributed by atoms with Gasteiger partial charge in [0.25, 0.3) is 0 Å². The molecule has 0 saturated carbocycles. The van der Waals surface area contributed by atoms with E-state index in [-0.39, 0.29) is 0 Å². The first-order chi connectivity index (χ1) is 1.73. The van der Waals surface area contributed by atoms with Gasteiger partial charge in [-0.2, -0.15) is 0 Å². The number of hydrogen-bond donors (Lipinski definition) is 3. The Kier molecular flexibility index (Phi) is 2.90. The molecule has 0 aromatic rings. The summed E-state index contributed by atoms with van der Waals surface area (Å²) in [7, 11) is 0. The minimum atomic E-state index is 0.500. The van der Waals surface area contributed by atoms with Crippen molar-refractivity contribution >= 4 is 37.9 Å². The van der Waals surface area contributed by atoms with Gasteiger partial charge in [0, 0.05) is 0 Å². The van der Waals surface area contributed by atoms with Crippen molar-refractivity contribution in [2.75, 3.05) is 0 Å². The summed E-state index contributed by atoms with van der Waals surface area (Å²) in [5, 5.41) is 0. The summed E-state index contributed by atoms with van der Waals surface area (Å²) in [6.07, 6.45) is 0. The molecule has 0 nitrogen and oxygen atoms in total. The Hall–Kier alpha value is 1.05. The molecule has 4 heavy (non-hydrogen) atoms. The Morgan fingerprint density at radius 3 is 1.00 bits per heavy atom. The molecule has 0 aliphatic rings. The third kappa shape index (κ3) is 11.6. The van der Waals surface area contributed by atoms with Crippen molar-refractivity contribution in [2.24, 2.45) is 0 Å². The third-order valence-electron chi connectivity index (χ3n) is 0. The first-order valence-electron chi connectivity index (χ1n) is 0.671. The van der Waals surface area contributed by atoms with Gasteiger partial charge in [-0.05, 0) is 0 Å². The molecule has 0 aromatic heterocycles. The lowest BCUT2D eigenvalue weighted by molar-refractivity contribution is 2.64. The molecule has 0 heterocycles. The van der Waals surface area contributed by atoms with E-state index in [2.05, 4.69) is 37.9 Å². The van der Waals surface area contributed by atoms with E-state index in [1.165, 1.54) is 0 Å². The van der Waals surface area contributed by atoms with Crippen molar-refractivity contribution in [1.29, 1.82) is 0 Å². The van der Waals surface area contributed by atoms with Crippen LogP contribution in [0.25, 0.3) is 0 Å². The normalized spacial score (nSPS) is 9.00. The average molecular weight is 111 g/mol. The molecule has 0 aliphatic heterocycles. The first-order valence-corrected chi connectivity index (χ1v) is 2.01. The Morgan fingerprint density at radius 2 is 1.00 bits per heavy atom. The highest BCUT2D eigenvalue weighted by atomic mass is 32.2.